The van der Waals surface area contributed by atoms with Gasteiger partial charge in [-0.1, -0.05) is 6.92 Å². The van der Waals surface area contributed by atoms with Crippen LogP contribution in [0.25, 0.3) is 16.9 Å². The molecule has 0 bridgehead atoms. The SMILES string of the molecule is CCCn1cnc(=O)c2c1nc1[nH]c(=O)ccn12. The van der Waals surface area contributed by atoms with Gasteiger partial charge in [0.1, 0.15) is 6.33 Å². The molecule has 0 unspecified atom stereocenters. The molecule has 92 valence electrons. The first-order chi connectivity index (χ1) is 8.70. The summed E-state index contributed by atoms with van der Waals surface area (Å²) in [6, 6.07) is 1.35. The Bertz CT molecular complexity index is 842. The van der Waals surface area contributed by atoms with Crippen molar-refractivity contribution in [2.75, 3.05) is 0 Å². The van der Waals surface area contributed by atoms with Crippen LogP contribution in [0.3, 0.4) is 0 Å². The summed E-state index contributed by atoms with van der Waals surface area (Å²) in [6.45, 7) is 2.75. The maximum absolute atomic E-state index is 11.8. The van der Waals surface area contributed by atoms with Gasteiger partial charge in [0.2, 0.25) is 5.78 Å². The van der Waals surface area contributed by atoms with Gasteiger partial charge in [-0.3, -0.25) is 19.0 Å². The fourth-order valence-electron chi connectivity index (χ4n) is 1.99. The Morgan fingerprint density at radius 3 is 3.00 bits per heavy atom. The minimum absolute atomic E-state index is 0.250. The van der Waals surface area contributed by atoms with Crippen LogP contribution in [-0.4, -0.2) is 23.9 Å². The first kappa shape index (κ1) is 10.7. The largest absolute Gasteiger partial charge is 0.315 e. The van der Waals surface area contributed by atoms with Gasteiger partial charge in [-0.2, -0.15) is 9.97 Å². The third-order valence-electron chi connectivity index (χ3n) is 2.76. The van der Waals surface area contributed by atoms with Gasteiger partial charge in [-0.15, -0.1) is 0 Å². The van der Waals surface area contributed by atoms with E-state index < -0.39 is 0 Å². The molecule has 0 fully saturated rings. The number of fused-ring (bicyclic) bond motifs is 3. The molecule has 0 aromatic carbocycles. The molecule has 0 amide bonds. The third-order valence-corrected chi connectivity index (χ3v) is 2.76. The second-order valence-corrected chi connectivity index (χ2v) is 4.03. The van der Waals surface area contributed by atoms with Gasteiger partial charge < -0.3 is 4.57 Å². The lowest BCUT2D eigenvalue weighted by molar-refractivity contribution is 0.678. The average molecular weight is 245 g/mol. The van der Waals surface area contributed by atoms with Gasteiger partial charge in [0, 0.05) is 18.8 Å². The maximum Gasteiger partial charge on any atom is 0.299 e. The number of aromatic amines is 1. The number of aromatic nitrogens is 5. The summed E-state index contributed by atoms with van der Waals surface area (Å²) in [4.78, 5) is 33.8. The van der Waals surface area contributed by atoms with Crippen molar-refractivity contribution in [1.29, 1.82) is 0 Å². The van der Waals surface area contributed by atoms with E-state index in [0.717, 1.165) is 13.0 Å². The maximum atomic E-state index is 11.8. The number of H-pyrrole nitrogens is 1. The molecule has 1 N–H and O–H groups in total. The number of nitrogens with one attached hydrogen (secondary N) is 1. The molecule has 3 rings (SSSR count). The van der Waals surface area contributed by atoms with E-state index >= 15 is 0 Å². The molecule has 0 radical (unpaired) electrons. The Morgan fingerprint density at radius 1 is 1.39 bits per heavy atom. The molecule has 0 spiro atoms. The van der Waals surface area contributed by atoms with Crippen LogP contribution >= 0.6 is 0 Å². The number of imidazole rings is 1. The van der Waals surface area contributed by atoms with Crippen molar-refractivity contribution in [3.05, 3.63) is 39.3 Å². The smallest absolute Gasteiger partial charge is 0.299 e. The van der Waals surface area contributed by atoms with Crippen molar-refractivity contribution in [3.8, 4) is 0 Å². The summed E-state index contributed by atoms with van der Waals surface area (Å²) >= 11 is 0. The van der Waals surface area contributed by atoms with Gasteiger partial charge >= 0.3 is 0 Å². The number of hydrogen-bond donors (Lipinski definition) is 1. The molecule has 0 atom stereocenters. The zero-order valence-electron chi connectivity index (χ0n) is 9.75. The second-order valence-electron chi connectivity index (χ2n) is 4.03. The highest BCUT2D eigenvalue weighted by atomic mass is 16.1. The molecule has 18 heavy (non-hydrogen) atoms. The van der Waals surface area contributed by atoms with Crippen LogP contribution < -0.4 is 11.1 Å². The van der Waals surface area contributed by atoms with Crippen molar-refractivity contribution in [3.63, 3.8) is 0 Å². The summed E-state index contributed by atoms with van der Waals surface area (Å²) in [5.74, 6) is 0.354. The van der Waals surface area contributed by atoms with E-state index in [1.807, 2.05) is 11.5 Å². The summed E-state index contributed by atoms with van der Waals surface area (Å²) in [5, 5.41) is 0. The van der Waals surface area contributed by atoms with Gasteiger partial charge in [-0.05, 0) is 6.42 Å². The fourth-order valence-corrected chi connectivity index (χ4v) is 1.99. The van der Waals surface area contributed by atoms with Crippen molar-refractivity contribution >= 4 is 16.9 Å². The van der Waals surface area contributed by atoms with Crippen LogP contribution in [0, 0.1) is 0 Å². The number of rotatable bonds is 2. The van der Waals surface area contributed by atoms with Gasteiger partial charge in [0.15, 0.2) is 11.2 Å². The molecule has 0 aliphatic carbocycles. The molecular formula is C11H11N5O2. The monoisotopic (exact) mass is 245 g/mol. The Kier molecular flexibility index (Phi) is 2.26. The van der Waals surface area contributed by atoms with E-state index in [1.165, 1.54) is 18.6 Å². The predicted molar refractivity (Wildman–Crippen MR) is 65.7 cm³/mol. The molecule has 0 saturated heterocycles. The summed E-state index contributed by atoms with van der Waals surface area (Å²) in [5.41, 5.74) is 0.327. The van der Waals surface area contributed by atoms with E-state index in [0.29, 0.717) is 16.9 Å². The van der Waals surface area contributed by atoms with Crippen LogP contribution in [0.15, 0.2) is 28.2 Å². The van der Waals surface area contributed by atoms with Crippen molar-refractivity contribution in [2.24, 2.45) is 0 Å². The zero-order valence-corrected chi connectivity index (χ0v) is 9.75. The van der Waals surface area contributed by atoms with Gasteiger partial charge in [0.25, 0.3) is 11.1 Å². The van der Waals surface area contributed by atoms with Crippen LogP contribution in [0.4, 0.5) is 0 Å². The minimum atomic E-state index is -0.350. The lowest BCUT2D eigenvalue weighted by Crippen LogP contribution is -2.14. The highest BCUT2D eigenvalue weighted by Gasteiger charge is 2.11. The lowest BCUT2D eigenvalue weighted by atomic mass is 10.4. The van der Waals surface area contributed by atoms with Crippen molar-refractivity contribution in [2.45, 2.75) is 19.9 Å². The quantitative estimate of drug-likeness (QED) is 0.696. The standard InChI is InChI=1S/C11H11N5O2/c1-2-4-15-6-12-10(18)8-9(15)14-11-13-7(17)3-5-16(8)11/h3,5-6H,2,4H2,1H3,(H,13,14,17). The van der Waals surface area contributed by atoms with Crippen LogP contribution in [0.1, 0.15) is 13.3 Å². The molecule has 7 heteroatoms. The van der Waals surface area contributed by atoms with E-state index in [2.05, 4.69) is 15.0 Å². The van der Waals surface area contributed by atoms with Crippen LogP contribution in [0.2, 0.25) is 0 Å². The fraction of sp³-hybridized carbons (Fsp3) is 0.273. The predicted octanol–water partition coefficient (Wildman–Crippen LogP) is 0.142. The van der Waals surface area contributed by atoms with Crippen LogP contribution in [0.5, 0.6) is 0 Å². The van der Waals surface area contributed by atoms with E-state index in [9.17, 15) is 9.59 Å². The number of hydrogen-bond acceptors (Lipinski definition) is 4. The molecule has 7 nitrogen and oxygen atoms in total. The van der Waals surface area contributed by atoms with E-state index in [1.54, 1.807) is 4.40 Å². The minimum Gasteiger partial charge on any atom is -0.315 e. The lowest BCUT2D eigenvalue weighted by Gasteiger charge is -2.03. The van der Waals surface area contributed by atoms with E-state index in [-0.39, 0.29) is 11.1 Å². The molecule has 3 aromatic heterocycles. The molecule has 0 aliphatic heterocycles. The van der Waals surface area contributed by atoms with Crippen molar-refractivity contribution in [1.82, 2.24) is 23.9 Å². The second kappa shape index (κ2) is 3.80. The Hall–Kier alpha value is -2.44. The molecule has 3 heterocycles. The zero-order chi connectivity index (χ0) is 12.7. The third kappa shape index (κ3) is 1.44. The highest BCUT2D eigenvalue weighted by molar-refractivity contribution is 5.74. The van der Waals surface area contributed by atoms with Gasteiger partial charge in [0.05, 0.1) is 0 Å². The normalized spacial score (nSPS) is 11.4. The molecule has 0 saturated carbocycles. The summed E-state index contributed by atoms with van der Waals surface area (Å²) < 4.78 is 3.36. The Balaban J connectivity index is 2.51. The topological polar surface area (TPSA) is 85.0 Å². The Morgan fingerprint density at radius 2 is 2.22 bits per heavy atom. The molecule has 3 aromatic rings. The average Bonchev–Trinajstić information content (AvgIpc) is 2.72. The molecular weight excluding hydrogens is 234 g/mol. The number of nitrogens with zero attached hydrogens (tertiary/aromatic N) is 4. The highest BCUT2D eigenvalue weighted by Crippen LogP contribution is 2.10. The molecule has 0 aliphatic rings. The summed E-state index contributed by atoms with van der Waals surface area (Å²) in [7, 11) is 0. The van der Waals surface area contributed by atoms with E-state index in [4.69, 9.17) is 0 Å². The summed E-state index contributed by atoms with van der Waals surface area (Å²) in [6.07, 6.45) is 3.92. The first-order valence-corrected chi connectivity index (χ1v) is 5.67. The van der Waals surface area contributed by atoms with Crippen molar-refractivity contribution < 1.29 is 0 Å². The Labute approximate surface area is 101 Å². The number of aryl methyl sites for hydroxylation is 1. The van der Waals surface area contributed by atoms with Gasteiger partial charge in [-0.25, -0.2) is 0 Å². The first-order valence-electron chi connectivity index (χ1n) is 5.67. The van der Waals surface area contributed by atoms with Crippen LogP contribution in [-0.2, 0) is 6.54 Å².